The van der Waals surface area contributed by atoms with E-state index in [0.717, 1.165) is 28.8 Å². The highest BCUT2D eigenvalue weighted by Crippen LogP contribution is 2.26. The Bertz CT molecular complexity index is 451. The molecule has 0 radical (unpaired) electrons. The van der Waals surface area contributed by atoms with E-state index >= 15 is 0 Å². The Hall–Kier alpha value is -1.07. The molecular weight excluding hydrogens is 296 g/mol. The molecule has 0 saturated carbocycles. The van der Waals surface area contributed by atoms with Crippen LogP contribution in [-0.2, 0) is 11.3 Å². The molecule has 1 amide bonds. The van der Waals surface area contributed by atoms with Gasteiger partial charge in [0.25, 0.3) is 5.91 Å². The van der Waals surface area contributed by atoms with Gasteiger partial charge in [-0.15, -0.1) is 0 Å². The summed E-state index contributed by atoms with van der Waals surface area (Å²) in [5, 5.41) is 3.10. The first-order valence-corrected chi connectivity index (χ1v) is 6.76. The van der Waals surface area contributed by atoms with Crippen molar-refractivity contribution in [3.05, 3.63) is 28.2 Å². The molecule has 18 heavy (non-hydrogen) atoms. The molecule has 0 spiro atoms. The Morgan fingerprint density at radius 2 is 2.33 bits per heavy atom. The first kappa shape index (κ1) is 13.4. The molecular formula is C13H17BrN2O2. The van der Waals surface area contributed by atoms with Gasteiger partial charge in [0.05, 0.1) is 0 Å². The predicted molar refractivity (Wildman–Crippen MR) is 73.6 cm³/mol. The number of likely N-dealkylation sites (N-methyl/N-ethyl adjacent to an activating group) is 1. The van der Waals surface area contributed by atoms with E-state index < -0.39 is 0 Å². The van der Waals surface area contributed by atoms with E-state index in [2.05, 4.69) is 21.2 Å². The minimum Gasteiger partial charge on any atom is -0.480 e. The zero-order valence-corrected chi connectivity index (χ0v) is 12.2. The Kier molecular flexibility index (Phi) is 4.24. The van der Waals surface area contributed by atoms with Crippen LogP contribution in [0.15, 0.2) is 22.7 Å². The number of hydrogen-bond acceptors (Lipinski definition) is 3. The molecule has 1 fully saturated rings. The van der Waals surface area contributed by atoms with Gasteiger partial charge in [-0.3, -0.25) is 4.79 Å². The average molecular weight is 313 g/mol. The smallest absolute Gasteiger partial charge is 0.263 e. The van der Waals surface area contributed by atoms with Crippen molar-refractivity contribution in [1.82, 2.24) is 10.2 Å². The molecule has 0 aliphatic carbocycles. The van der Waals surface area contributed by atoms with Crippen LogP contribution in [0.3, 0.4) is 0 Å². The number of hydrogen-bond donors (Lipinski definition) is 1. The third-order valence-corrected chi connectivity index (χ3v) is 3.53. The van der Waals surface area contributed by atoms with Crippen molar-refractivity contribution in [3.63, 3.8) is 0 Å². The Balaban J connectivity index is 2.16. The maximum absolute atomic E-state index is 11.8. The van der Waals surface area contributed by atoms with Gasteiger partial charge in [0.1, 0.15) is 5.75 Å². The van der Waals surface area contributed by atoms with Crippen LogP contribution < -0.4 is 10.1 Å². The molecule has 1 aromatic carbocycles. The normalized spacial score (nSPS) is 19.4. The topological polar surface area (TPSA) is 41.6 Å². The number of amides is 1. The molecule has 1 saturated heterocycles. The van der Waals surface area contributed by atoms with Crippen LogP contribution in [0.1, 0.15) is 12.0 Å². The summed E-state index contributed by atoms with van der Waals surface area (Å²) < 4.78 is 6.85. The van der Waals surface area contributed by atoms with Crippen molar-refractivity contribution >= 4 is 21.8 Å². The number of nitrogens with one attached hydrogen (secondary N) is 1. The second-order valence-corrected chi connectivity index (χ2v) is 5.35. The molecule has 1 aromatic rings. The number of rotatable bonds is 4. The molecule has 1 aliphatic rings. The minimum absolute atomic E-state index is 0.0633. The van der Waals surface area contributed by atoms with Crippen molar-refractivity contribution < 1.29 is 9.53 Å². The summed E-state index contributed by atoms with van der Waals surface area (Å²) in [7, 11) is 3.70. The molecule has 98 valence electrons. The zero-order chi connectivity index (χ0) is 13.1. The molecule has 1 unspecified atom stereocenters. The number of nitrogens with zero attached hydrogens (tertiary/aromatic N) is 1. The molecule has 2 rings (SSSR count). The van der Waals surface area contributed by atoms with Crippen molar-refractivity contribution in [3.8, 4) is 5.75 Å². The summed E-state index contributed by atoms with van der Waals surface area (Å²) in [5.74, 6) is 0.842. The van der Waals surface area contributed by atoms with Crippen LogP contribution >= 0.6 is 15.9 Å². The van der Waals surface area contributed by atoms with Gasteiger partial charge in [0.15, 0.2) is 6.10 Å². The Labute approximate surface area is 115 Å². The number of ether oxygens (including phenoxy) is 1. The van der Waals surface area contributed by atoms with Crippen molar-refractivity contribution in [2.45, 2.75) is 19.1 Å². The highest BCUT2D eigenvalue weighted by Gasteiger charge is 2.31. The van der Waals surface area contributed by atoms with Gasteiger partial charge in [-0.1, -0.05) is 15.9 Å². The van der Waals surface area contributed by atoms with Gasteiger partial charge in [-0.05, 0) is 25.2 Å². The Morgan fingerprint density at radius 3 is 2.94 bits per heavy atom. The van der Waals surface area contributed by atoms with E-state index in [1.165, 1.54) is 0 Å². The van der Waals surface area contributed by atoms with Crippen LogP contribution in [0.5, 0.6) is 5.75 Å². The van der Waals surface area contributed by atoms with Gasteiger partial charge >= 0.3 is 0 Å². The zero-order valence-electron chi connectivity index (χ0n) is 10.6. The lowest BCUT2D eigenvalue weighted by atomic mass is 10.2. The molecule has 1 aliphatic heterocycles. The van der Waals surface area contributed by atoms with Crippen LogP contribution in [0.25, 0.3) is 0 Å². The summed E-state index contributed by atoms with van der Waals surface area (Å²) in [5.41, 5.74) is 1.05. The first-order chi connectivity index (χ1) is 8.61. The van der Waals surface area contributed by atoms with Gasteiger partial charge in [-0.25, -0.2) is 0 Å². The highest BCUT2D eigenvalue weighted by atomic mass is 79.9. The quantitative estimate of drug-likeness (QED) is 0.921. The molecule has 0 aromatic heterocycles. The maximum atomic E-state index is 11.8. The summed E-state index contributed by atoms with van der Waals surface area (Å²) in [4.78, 5) is 13.5. The van der Waals surface area contributed by atoms with E-state index in [-0.39, 0.29) is 12.0 Å². The molecule has 1 heterocycles. The fourth-order valence-corrected chi connectivity index (χ4v) is 2.45. The van der Waals surface area contributed by atoms with Crippen LogP contribution in [0.2, 0.25) is 0 Å². The maximum Gasteiger partial charge on any atom is 0.263 e. The number of benzene rings is 1. The molecule has 5 heteroatoms. The standard InChI is InChI=1S/C13H17BrN2O2/c1-15-8-9-7-10(14)3-4-11(9)18-12-5-6-16(2)13(12)17/h3-4,7,12,15H,5-6,8H2,1-2H3. The summed E-state index contributed by atoms with van der Waals surface area (Å²) in [6, 6.07) is 5.84. The molecule has 4 nitrogen and oxygen atoms in total. The molecule has 1 atom stereocenters. The number of halogens is 1. The monoisotopic (exact) mass is 312 g/mol. The summed E-state index contributed by atoms with van der Waals surface area (Å²) >= 11 is 3.44. The lowest BCUT2D eigenvalue weighted by molar-refractivity contribution is -0.132. The van der Waals surface area contributed by atoms with E-state index in [9.17, 15) is 4.79 Å². The van der Waals surface area contributed by atoms with Gasteiger partial charge in [0, 0.05) is 36.6 Å². The first-order valence-electron chi connectivity index (χ1n) is 5.96. The predicted octanol–water partition coefficient (Wildman–Crippen LogP) is 1.78. The minimum atomic E-state index is -0.341. The van der Waals surface area contributed by atoms with Crippen molar-refractivity contribution in [2.24, 2.45) is 0 Å². The van der Waals surface area contributed by atoms with E-state index in [0.29, 0.717) is 6.54 Å². The number of likely N-dealkylation sites (tertiary alicyclic amines) is 1. The van der Waals surface area contributed by atoms with Gasteiger partial charge in [0.2, 0.25) is 0 Å². The van der Waals surface area contributed by atoms with E-state index in [1.54, 1.807) is 4.90 Å². The van der Waals surface area contributed by atoms with Crippen LogP contribution in [-0.4, -0.2) is 37.6 Å². The highest BCUT2D eigenvalue weighted by molar-refractivity contribution is 9.10. The second kappa shape index (κ2) is 5.71. The third-order valence-electron chi connectivity index (χ3n) is 3.04. The van der Waals surface area contributed by atoms with Crippen molar-refractivity contribution in [2.75, 3.05) is 20.6 Å². The van der Waals surface area contributed by atoms with Crippen molar-refractivity contribution in [1.29, 1.82) is 0 Å². The lowest BCUT2D eigenvalue weighted by Gasteiger charge is -2.16. The SMILES string of the molecule is CNCc1cc(Br)ccc1OC1CCN(C)C1=O. The summed E-state index contributed by atoms with van der Waals surface area (Å²) in [6.45, 7) is 1.48. The number of carbonyl (C=O) groups excluding carboxylic acids is 1. The Morgan fingerprint density at radius 1 is 1.56 bits per heavy atom. The average Bonchev–Trinajstić information content (AvgIpc) is 2.65. The molecule has 1 N–H and O–H groups in total. The summed E-state index contributed by atoms with van der Waals surface area (Å²) in [6.07, 6.45) is 0.413. The van der Waals surface area contributed by atoms with Gasteiger partial charge < -0.3 is 15.0 Å². The number of carbonyl (C=O) groups is 1. The fourth-order valence-electron chi connectivity index (χ4n) is 2.04. The van der Waals surface area contributed by atoms with Crippen LogP contribution in [0, 0.1) is 0 Å². The van der Waals surface area contributed by atoms with E-state index in [4.69, 9.17) is 4.74 Å². The van der Waals surface area contributed by atoms with Crippen LogP contribution in [0.4, 0.5) is 0 Å². The van der Waals surface area contributed by atoms with E-state index in [1.807, 2.05) is 32.3 Å². The van der Waals surface area contributed by atoms with Gasteiger partial charge in [-0.2, -0.15) is 0 Å². The molecule has 0 bridgehead atoms. The lowest BCUT2D eigenvalue weighted by Crippen LogP contribution is -2.29. The largest absolute Gasteiger partial charge is 0.480 e. The fraction of sp³-hybridized carbons (Fsp3) is 0.462. The second-order valence-electron chi connectivity index (χ2n) is 4.44. The third kappa shape index (κ3) is 2.84.